The number of halogens is 2. The summed E-state index contributed by atoms with van der Waals surface area (Å²) in [6.07, 6.45) is 1.86. The first-order valence-corrected chi connectivity index (χ1v) is 10.2. The lowest BCUT2D eigenvalue weighted by molar-refractivity contribution is -0.122. The average molecular weight is 431 g/mol. The van der Waals surface area contributed by atoms with Gasteiger partial charge in [-0.1, -0.05) is 41.4 Å². The molecule has 0 saturated heterocycles. The van der Waals surface area contributed by atoms with Crippen molar-refractivity contribution in [1.82, 2.24) is 19.7 Å². The van der Waals surface area contributed by atoms with E-state index < -0.39 is 0 Å². The summed E-state index contributed by atoms with van der Waals surface area (Å²) >= 11 is 12.2. The van der Waals surface area contributed by atoms with Crippen molar-refractivity contribution >= 4 is 29.1 Å². The van der Waals surface area contributed by atoms with Gasteiger partial charge in [0.15, 0.2) is 5.82 Å². The summed E-state index contributed by atoms with van der Waals surface area (Å²) in [7, 11) is 0. The fourth-order valence-electron chi connectivity index (χ4n) is 3.31. The van der Waals surface area contributed by atoms with E-state index in [4.69, 9.17) is 23.2 Å². The Bertz CT molecular complexity index is 1100. The second kappa shape index (κ2) is 8.05. The average Bonchev–Trinajstić information content (AvgIpc) is 3.47. The van der Waals surface area contributed by atoms with Crippen LogP contribution in [0.15, 0.2) is 53.3 Å². The maximum Gasteiger partial charge on any atom is 0.346 e. The molecule has 0 aliphatic heterocycles. The Kier molecular flexibility index (Phi) is 5.48. The SMILES string of the molecule is CC(NC(=O)Cn1nc(-c2ccc(Cl)cc2)n(C2CC2)c1=O)c1ccccc1Cl. The molecule has 0 bridgehead atoms. The number of amides is 1. The molecule has 1 N–H and O–H groups in total. The van der Waals surface area contributed by atoms with Gasteiger partial charge in [0.2, 0.25) is 5.91 Å². The molecular weight excluding hydrogens is 411 g/mol. The Hall–Kier alpha value is -2.57. The molecule has 4 rings (SSSR count). The lowest BCUT2D eigenvalue weighted by Crippen LogP contribution is -2.35. The van der Waals surface area contributed by atoms with Crippen LogP contribution in [-0.2, 0) is 11.3 Å². The molecule has 1 amide bonds. The van der Waals surface area contributed by atoms with Crippen LogP contribution < -0.4 is 11.0 Å². The quantitative estimate of drug-likeness (QED) is 0.635. The number of aromatic nitrogens is 3. The Balaban J connectivity index is 1.56. The highest BCUT2D eigenvalue weighted by Gasteiger charge is 2.30. The number of nitrogens with one attached hydrogen (secondary N) is 1. The predicted molar refractivity (Wildman–Crippen MR) is 113 cm³/mol. The molecule has 1 heterocycles. The largest absolute Gasteiger partial charge is 0.348 e. The number of nitrogens with zero attached hydrogens (tertiary/aromatic N) is 3. The minimum absolute atomic E-state index is 0.132. The minimum Gasteiger partial charge on any atom is -0.348 e. The summed E-state index contributed by atoms with van der Waals surface area (Å²) < 4.78 is 2.89. The third-order valence-electron chi connectivity index (χ3n) is 4.93. The van der Waals surface area contributed by atoms with Crippen LogP contribution in [0.1, 0.15) is 37.4 Å². The summed E-state index contributed by atoms with van der Waals surface area (Å²) in [6.45, 7) is 1.69. The van der Waals surface area contributed by atoms with E-state index in [1.165, 1.54) is 4.68 Å². The summed E-state index contributed by atoms with van der Waals surface area (Å²) in [5, 5.41) is 8.53. The van der Waals surface area contributed by atoms with Crippen molar-refractivity contribution in [1.29, 1.82) is 0 Å². The van der Waals surface area contributed by atoms with E-state index >= 15 is 0 Å². The minimum atomic E-state index is -0.303. The third kappa shape index (κ3) is 4.23. The third-order valence-corrected chi connectivity index (χ3v) is 5.52. The van der Waals surface area contributed by atoms with Gasteiger partial charge in [-0.15, -0.1) is 5.10 Å². The second-order valence-corrected chi connectivity index (χ2v) is 8.03. The maximum atomic E-state index is 12.9. The Labute approximate surface area is 178 Å². The van der Waals surface area contributed by atoms with E-state index in [2.05, 4.69) is 10.4 Å². The number of hydrogen-bond donors (Lipinski definition) is 1. The Morgan fingerprint density at radius 1 is 1.17 bits per heavy atom. The van der Waals surface area contributed by atoms with E-state index in [0.717, 1.165) is 24.0 Å². The maximum absolute atomic E-state index is 12.9. The summed E-state index contributed by atoms with van der Waals surface area (Å²) in [5.74, 6) is 0.253. The molecular formula is C21H20Cl2N4O2. The topological polar surface area (TPSA) is 68.9 Å². The lowest BCUT2D eigenvalue weighted by atomic mass is 10.1. The number of hydrogen-bond acceptors (Lipinski definition) is 3. The van der Waals surface area contributed by atoms with Crippen LogP contribution in [0.4, 0.5) is 0 Å². The zero-order valence-electron chi connectivity index (χ0n) is 15.8. The molecule has 6 nitrogen and oxygen atoms in total. The molecule has 1 unspecified atom stereocenters. The van der Waals surface area contributed by atoms with Crippen LogP contribution in [0.5, 0.6) is 0 Å². The van der Waals surface area contributed by atoms with Crippen molar-refractivity contribution in [2.24, 2.45) is 0 Å². The van der Waals surface area contributed by atoms with Crippen LogP contribution in [0.2, 0.25) is 10.0 Å². The molecule has 1 fully saturated rings. The van der Waals surface area contributed by atoms with Crippen LogP contribution in [0, 0.1) is 0 Å². The first-order chi connectivity index (χ1) is 13.9. The number of benzene rings is 2. The molecule has 1 saturated carbocycles. The van der Waals surface area contributed by atoms with E-state index in [1.54, 1.807) is 22.8 Å². The summed E-state index contributed by atoms with van der Waals surface area (Å²) in [4.78, 5) is 25.5. The van der Waals surface area contributed by atoms with Gasteiger partial charge in [-0.05, 0) is 55.7 Å². The molecule has 29 heavy (non-hydrogen) atoms. The first-order valence-electron chi connectivity index (χ1n) is 9.43. The van der Waals surface area contributed by atoms with Gasteiger partial charge in [-0.25, -0.2) is 9.48 Å². The van der Waals surface area contributed by atoms with Crippen LogP contribution in [0.25, 0.3) is 11.4 Å². The molecule has 1 aromatic heterocycles. The first kappa shape index (κ1) is 19.7. The van der Waals surface area contributed by atoms with Crippen molar-refractivity contribution in [2.75, 3.05) is 0 Å². The van der Waals surface area contributed by atoms with Gasteiger partial charge in [0.05, 0.1) is 6.04 Å². The van der Waals surface area contributed by atoms with Crippen LogP contribution in [-0.4, -0.2) is 20.3 Å². The molecule has 1 atom stereocenters. The smallest absolute Gasteiger partial charge is 0.346 e. The standard InChI is InChI=1S/C21H20Cl2N4O2/c1-13(17-4-2-3-5-18(17)23)24-19(28)12-26-21(29)27(16-10-11-16)20(25-26)14-6-8-15(22)9-7-14/h2-9,13,16H,10-12H2,1H3,(H,24,28). The summed E-state index contributed by atoms with van der Waals surface area (Å²) in [6, 6.07) is 14.4. The molecule has 1 aliphatic rings. The normalized spacial score (nSPS) is 14.6. The number of rotatable bonds is 6. The zero-order valence-corrected chi connectivity index (χ0v) is 17.3. The lowest BCUT2D eigenvalue weighted by Gasteiger charge is -2.15. The van der Waals surface area contributed by atoms with Crippen molar-refractivity contribution in [3.8, 4) is 11.4 Å². The van der Waals surface area contributed by atoms with E-state index in [-0.39, 0.29) is 30.2 Å². The van der Waals surface area contributed by atoms with E-state index in [1.807, 2.05) is 37.3 Å². The van der Waals surface area contributed by atoms with Gasteiger partial charge in [0.25, 0.3) is 0 Å². The van der Waals surface area contributed by atoms with Gasteiger partial charge in [0.1, 0.15) is 6.54 Å². The molecule has 1 aliphatic carbocycles. The predicted octanol–water partition coefficient (Wildman–Crippen LogP) is 4.23. The van der Waals surface area contributed by atoms with E-state index in [9.17, 15) is 9.59 Å². The fraction of sp³-hybridized carbons (Fsp3) is 0.286. The van der Waals surface area contributed by atoms with Crippen LogP contribution >= 0.6 is 23.2 Å². The highest BCUT2D eigenvalue weighted by atomic mass is 35.5. The molecule has 150 valence electrons. The zero-order chi connectivity index (χ0) is 20.5. The van der Waals surface area contributed by atoms with Gasteiger partial charge >= 0.3 is 5.69 Å². The Morgan fingerprint density at radius 3 is 2.52 bits per heavy atom. The molecule has 3 aromatic rings. The van der Waals surface area contributed by atoms with Crippen molar-refractivity contribution < 1.29 is 4.79 Å². The van der Waals surface area contributed by atoms with E-state index in [0.29, 0.717) is 15.9 Å². The second-order valence-electron chi connectivity index (χ2n) is 7.18. The van der Waals surface area contributed by atoms with Crippen LogP contribution in [0.3, 0.4) is 0 Å². The molecule has 0 spiro atoms. The molecule has 8 heteroatoms. The Morgan fingerprint density at radius 2 is 1.86 bits per heavy atom. The highest BCUT2D eigenvalue weighted by Crippen LogP contribution is 2.36. The molecule has 0 radical (unpaired) electrons. The highest BCUT2D eigenvalue weighted by molar-refractivity contribution is 6.31. The van der Waals surface area contributed by atoms with Gasteiger partial charge in [-0.3, -0.25) is 9.36 Å². The van der Waals surface area contributed by atoms with Crippen molar-refractivity contribution in [3.05, 3.63) is 74.6 Å². The fourth-order valence-corrected chi connectivity index (χ4v) is 3.73. The van der Waals surface area contributed by atoms with Crippen molar-refractivity contribution in [3.63, 3.8) is 0 Å². The monoisotopic (exact) mass is 430 g/mol. The van der Waals surface area contributed by atoms with Gasteiger partial charge in [-0.2, -0.15) is 0 Å². The molecule has 2 aromatic carbocycles. The van der Waals surface area contributed by atoms with Gasteiger partial charge < -0.3 is 5.32 Å². The van der Waals surface area contributed by atoms with Crippen molar-refractivity contribution in [2.45, 2.75) is 38.4 Å². The number of carbonyl (C=O) groups excluding carboxylic acids is 1. The number of carbonyl (C=O) groups is 1. The summed E-state index contributed by atoms with van der Waals surface area (Å²) in [5.41, 5.74) is 1.33. The van der Waals surface area contributed by atoms with Gasteiger partial charge in [0, 0.05) is 21.7 Å².